The van der Waals surface area contributed by atoms with Gasteiger partial charge in [0.1, 0.15) is 39.5 Å². The number of aliphatic hydroxyl groups excluding tert-OH is 2. The van der Waals surface area contributed by atoms with Gasteiger partial charge in [0.2, 0.25) is 11.8 Å². The Kier molecular flexibility index (Phi) is 38.1. The van der Waals surface area contributed by atoms with E-state index in [-0.39, 0.29) is 115 Å². The van der Waals surface area contributed by atoms with Crippen molar-refractivity contribution in [3.05, 3.63) is 78.9 Å². The fourth-order valence-corrected chi connectivity index (χ4v) is 32.9. The quantitative estimate of drug-likeness (QED) is 0.00916. The number of hydrogen-bond donors (Lipinski definition) is 4. The van der Waals surface area contributed by atoms with E-state index in [1.165, 1.54) is 139 Å². The first-order chi connectivity index (χ1) is 61.1. The molecule has 0 aromatic carbocycles. The molecule has 12 fully saturated rings. The van der Waals surface area contributed by atoms with Crippen molar-refractivity contribution in [1.29, 1.82) is 0 Å². The second kappa shape index (κ2) is 46.1. The molecule has 0 aliphatic heterocycles. The zero-order chi connectivity index (χ0) is 92.7. The maximum Gasteiger partial charge on any atom is 1.00 e. The smallest absolute Gasteiger partial charge is 0.870 e. The molecule has 23 nitrogen and oxygen atoms in total. The van der Waals surface area contributed by atoms with Crippen LogP contribution in [0.5, 0.6) is 11.8 Å². The molecule has 33 atom stereocenters. The predicted molar refractivity (Wildman–Crippen MR) is 502 cm³/mol. The third kappa shape index (κ3) is 21.4. The number of aromatic nitrogens is 3. The number of rotatable bonds is 30. The number of hydrogen-bond acceptors (Lipinski definition) is 21. The van der Waals surface area contributed by atoms with E-state index in [0.29, 0.717) is 167 Å². The van der Waals surface area contributed by atoms with Gasteiger partial charge in [0.25, 0.3) is 31.4 Å². The molecular formula is C102H150Cl3ILiN3O20. The number of carboxylic acid groups (broad SMARTS) is 1. The summed E-state index contributed by atoms with van der Waals surface area (Å²) in [5.74, 6) is 9.37. The average molecular weight is 1980 g/mol. The van der Waals surface area contributed by atoms with Crippen LogP contribution in [0.1, 0.15) is 307 Å². The molecule has 130 heavy (non-hydrogen) atoms. The topological polar surface area (TPSA) is 343 Å². The molecule has 12 saturated carbocycles. The summed E-state index contributed by atoms with van der Waals surface area (Å²) in [6, 6.07) is 4.16. The summed E-state index contributed by atoms with van der Waals surface area (Å²) in [4.78, 5) is 101. The zero-order valence-corrected chi connectivity index (χ0v) is 84.3. The molecule has 3 aromatic rings. The van der Waals surface area contributed by atoms with Crippen molar-refractivity contribution in [1.82, 2.24) is 15.0 Å². The summed E-state index contributed by atoms with van der Waals surface area (Å²) in [6.07, 6.45) is 36.6. The van der Waals surface area contributed by atoms with Crippen molar-refractivity contribution < 1.29 is 111 Å². The zero-order valence-electron chi connectivity index (χ0n) is 79.9. The summed E-state index contributed by atoms with van der Waals surface area (Å²) in [7, 11) is 2.57. The first-order valence-electron chi connectivity index (χ1n) is 48.8. The third-order valence-corrected chi connectivity index (χ3v) is 39.3. The van der Waals surface area contributed by atoms with Crippen LogP contribution in [-0.4, -0.2) is 148 Å². The minimum absolute atomic E-state index is 0. The van der Waals surface area contributed by atoms with Crippen molar-refractivity contribution in [2.24, 2.45) is 157 Å². The molecule has 0 spiro atoms. The molecule has 15 rings (SSSR count). The standard InChI is InChI=1S/C35H50ClNO7.C32H48ClNO5.C28H45IO4.C7H6ClNO3.Li.H2O/c1-6-24-28-17-23(43-19-38)11-13-35(28,4)27-12-14-34(3)25(9-10-26(34)30(27)31(24)44-20-39)21(2)8-7-15-42-32-29(36)16-22(18-37-32)33(40)41-5;1-5-21-25-16-20(35)10-12-32(25,4)24-11-13-31(3)22(8-9-23(31)27(24)28(21)36)18(2)7-6-14-39-29-26(33)15-19(17-34-29)30(37)38;1-5-20-24-15-19(32-16-30)10-12-28(24,4)23-11-13-27(3)21(18(2)7-6-14-29)8-9-22(27)25(23)26(20)33-17-31;1-12-7(11)4-2-5(8)6(10)9-3-4;;/h16,18-21,23-28,30-31H,6-15,17H2,1-5H3;15,17-18,20-25,27-28,35-36H,5-14,16H2,1-4H3,(H,37,38);16-26H,5-15H2,1-4H3;2-3H,1H3,(H,9,10);;1H2/q;;;;+1;/p-1/t21-,23-,24-,25-,26+,27+,28+,30+,31-,34-,35-;18-,20-,21-,22-,23+,24+,25+,27+,28-,31-,32-;18-,19-,20-,21-,22+,23+,24+,25+,26-,27-,28-;;;/m111.../s1. The van der Waals surface area contributed by atoms with Gasteiger partial charge in [-0.05, 0) is 354 Å². The van der Waals surface area contributed by atoms with Gasteiger partial charge in [0.05, 0.1) is 56.3 Å². The van der Waals surface area contributed by atoms with Crippen molar-refractivity contribution in [2.75, 3.05) is 31.9 Å². The number of fused-ring (bicyclic) bond motifs is 15. The molecule has 3 heterocycles. The van der Waals surface area contributed by atoms with Gasteiger partial charge in [-0.1, -0.05) is 147 Å². The Morgan fingerprint density at radius 2 is 0.846 bits per heavy atom. The second-order valence-electron chi connectivity index (χ2n) is 42.8. The van der Waals surface area contributed by atoms with Crippen LogP contribution in [-0.2, 0) is 47.6 Å². The van der Waals surface area contributed by atoms with E-state index >= 15 is 0 Å². The van der Waals surface area contributed by atoms with Crippen LogP contribution in [0.2, 0.25) is 15.1 Å². The second-order valence-corrected chi connectivity index (χ2v) is 45.1. The number of nitrogens with zero attached hydrogens (tertiary/aromatic N) is 2. The normalized spacial score (nSPS) is 38.6. The Morgan fingerprint density at radius 3 is 1.24 bits per heavy atom. The number of alkyl halides is 1. The van der Waals surface area contributed by atoms with E-state index < -0.39 is 23.5 Å². The number of ether oxygens (including phenoxy) is 8. The summed E-state index contributed by atoms with van der Waals surface area (Å²) < 4.78 is 45.2. The fourth-order valence-electron chi connectivity index (χ4n) is 31.9. The van der Waals surface area contributed by atoms with Gasteiger partial charge >= 0.3 is 36.8 Å². The Bertz CT molecular complexity index is 4350. The number of methoxy groups -OCH3 is 2. The molecule has 5 N–H and O–H groups in total. The van der Waals surface area contributed by atoms with Crippen molar-refractivity contribution >= 4 is 101 Å². The predicted octanol–water partition coefficient (Wildman–Crippen LogP) is 18.6. The van der Waals surface area contributed by atoms with E-state index in [2.05, 4.69) is 125 Å². The molecular weight excluding hydrogens is 1830 g/mol. The van der Waals surface area contributed by atoms with E-state index in [4.69, 9.17) is 73.1 Å². The number of aromatic amines is 1. The number of nitrogens with one attached hydrogen (secondary N) is 1. The first kappa shape index (κ1) is 107. The molecule has 28 heteroatoms. The summed E-state index contributed by atoms with van der Waals surface area (Å²) in [5.41, 5.74) is 1.65. The summed E-state index contributed by atoms with van der Waals surface area (Å²) >= 11 is 20.5. The molecule has 12 aliphatic rings. The number of carboxylic acids is 1. The van der Waals surface area contributed by atoms with Crippen LogP contribution in [0, 0.1) is 157 Å². The number of pyridine rings is 3. The number of aromatic carboxylic acids is 1. The Labute approximate surface area is 812 Å². The molecule has 0 radical (unpaired) electrons. The van der Waals surface area contributed by atoms with Crippen LogP contribution >= 0.6 is 57.4 Å². The average Bonchev–Trinajstić information content (AvgIpc) is 1.31. The SMILES string of the molecule is CC[C@H]1[C@@H](O)[C@@H]2[C@H](CC[C@]3(C)[C@@H]([C@H](C)CCCOc4ncc(C(=O)O)cc4Cl)CC[C@@H]23)[C@@]2(C)CC[C@@H](O)C[C@@H]12.CC[C@H]1[C@@H](OC=O)[C@@H]2[C@H](CC[C@]3(C)[C@@H]([C@H](C)CCCI)CC[C@@H]23)[C@@]2(C)CC[C@@H](OC=O)C[C@@H]12.CC[C@H]1[C@@H](OC=O)[C@@H]2[C@H](CC[C@]3(C)[C@@H]([C@H](C)CCCOc4ncc(C(=O)OC)cc4Cl)CC[C@@H]23)[C@@]2(C)CC[C@@H](OC=O)C[C@@H]12.COC(=O)c1c[nH]c(=O)c(Cl)c1.[Li+].[OH-]. The number of carbonyl (C=O) groups excluding carboxylic acids is 6. The van der Waals surface area contributed by atoms with E-state index in [1.54, 1.807) is 0 Å². The van der Waals surface area contributed by atoms with Crippen molar-refractivity contribution in [3.8, 4) is 11.8 Å². The van der Waals surface area contributed by atoms with Gasteiger partial charge in [-0.3, -0.25) is 24.0 Å². The maximum absolute atomic E-state index is 12.0. The number of carbonyl (C=O) groups is 7. The van der Waals surface area contributed by atoms with Crippen LogP contribution in [0.15, 0.2) is 41.6 Å². The van der Waals surface area contributed by atoms with Crippen LogP contribution in [0.4, 0.5) is 0 Å². The van der Waals surface area contributed by atoms with Gasteiger partial charge in [0, 0.05) is 30.4 Å². The first-order valence-corrected chi connectivity index (χ1v) is 51.4. The Balaban J connectivity index is 0.000000190. The summed E-state index contributed by atoms with van der Waals surface area (Å²) in [5, 5.41) is 32.0. The van der Waals surface area contributed by atoms with Gasteiger partial charge in [0.15, 0.2) is 0 Å². The fraction of sp³-hybridized carbons (Fsp3) is 0.784. The van der Waals surface area contributed by atoms with Gasteiger partial charge in [-0.15, -0.1) is 0 Å². The van der Waals surface area contributed by atoms with E-state index in [9.17, 15) is 48.6 Å². The van der Waals surface area contributed by atoms with Crippen LogP contribution < -0.4 is 33.9 Å². The number of halogens is 4. The molecule has 0 unspecified atom stereocenters. The number of esters is 2. The molecule has 0 bridgehead atoms. The van der Waals surface area contributed by atoms with Crippen LogP contribution in [0.3, 0.4) is 0 Å². The summed E-state index contributed by atoms with van der Waals surface area (Å²) in [6.45, 7) is 32.9. The Morgan fingerprint density at radius 1 is 0.485 bits per heavy atom. The molecule has 0 saturated heterocycles. The minimum atomic E-state index is -1.06. The molecule has 3 aromatic heterocycles. The maximum atomic E-state index is 12.0. The van der Waals surface area contributed by atoms with E-state index in [1.807, 2.05) is 0 Å². The van der Waals surface area contributed by atoms with Crippen LogP contribution in [0.25, 0.3) is 0 Å². The van der Waals surface area contributed by atoms with Gasteiger partial charge < -0.3 is 63.7 Å². The number of aliphatic hydroxyl groups is 2. The molecule has 722 valence electrons. The Hall–Kier alpha value is -4.78. The molecule has 12 aliphatic carbocycles. The van der Waals surface area contributed by atoms with Crippen molar-refractivity contribution in [2.45, 2.75) is 312 Å². The van der Waals surface area contributed by atoms with Gasteiger partial charge in [-0.25, -0.2) is 24.4 Å². The van der Waals surface area contributed by atoms with Gasteiger partial charge in [-0.2, -0.15) is 0 Å². The largest absolute Gasteiger partial charge is 1.00 e. The van der Waals surface area contributed by atoms with E-state index in [0.717, 1.165) is 127 Å². The molecule has 0 amide bonds. The number of H-pyrrole nitrogens is 1. The third-order valence-electron chi connectivity index (χ3n) is 37.7. The minimum Gasteiger partial charge on any atom is -0.870 e. The van der Waals surface area contributed by atoms with Crippen molar-refractivity contribution in [3.63, 3.8) is 0 Å². The monoisotopic (exact) mass is 1980 g/mol.